The summed E-state index contributed by atoms with van der Waals surface area (Å²) in [6.07, 6.45) is -1.07. The third-order valence-corrected chi connectivity index (χ3v) is 2.32. The Morgan fingerprint density at radius 2 is 2.06 bits per heavy atom. The number of oxime groups is 1. The average molecular weight is 252 g/mol. The number of carboxylic acid groups (broad SMARTS) is 1. The second kappa shape index (κ2) is 4.82. The van der Waals surface area contributed by atoms with Crippen LogP contribution in [0.4, 0.5) is 10.1 Å². The van der Waals surface area contributed by atoms with E-state index in [-0.39, 0.29) is 12.1 Å². The monoisotopic (exact) mass is 252 g/mol. The van der Waals surface area contributed by atoms with Crippen molar-refractivity contribution < 1.29 is 23.9 Å². The highest BCUT2D eigenvalue weighted by atomic mass is 19.1. The molecule has 94 valence electrons. The van der Waals surface area contributed by atoms with Crippen molar-refractivity contribution in [3.63, 3.8) is 0 Å². The molecule has 1 aromatic carbocycles. The van der Waals surface area contributed by atoms with Gasteiger partial charge in [0.05, 0.1) is 0 Å². The number of halogens is 1. The van der Waals surface area contributed by atoms with Gasteiger partial charge < -0.3 is 15.3 Å². The zero-order valence-corrected chi connectivity index (χ0v) is 9.09. The van der Waals surface area contributed by atoms with Gasteiger partial charge in [0.25, 0.3) is 5.91 Å². The quantitative estimate of drug-likeness (QED) is 0.839. The van der Waals surface area contributed by atoms with Crippen molar-refractivity contribution in [2.75, 3.05) is 5.32 Å². The number of amides is 1. The number of nitrogens with zero attached hydrogens (tertiary/aromatic N) is 1. The summed E-state index contributed by atoms with van der Waals surface area (Å²) in [5.41, 5.74) is 0.197. The molecule has 2 N–H and O–H groups in total. The molecule has 1 aliphatic rings. The van der Waals surface area contributed by atoms with Crippen LogP contribution in [0, 0.1) is 5.82 Å². The Morgan fingerprint density at radius 3 is 2.61 bits per heavy atom. The molecule has 1 unspecified atom stereocenters. The lowest BCUT2D eigenvalue weighted by Crippen LogP contribution is -2.28. The van der Waals surface area contributed by atoms with Crippen LogP contribution in [-0.2, 0) is 14.4 Å². The lowest BCUT2D eigenvalue weighted by Gasteiger charge is -2.08. The van der Waals surface area contributed by atoms with Crippen molar-refractivity contribution >= 4 is 23.3 Å². The number of carboxylic acids is 1. The number of carbonyl (C=O) groups is 2. The number of hydrogen-bond acceptors (Lipinski definition) is 4. The van der Waals surface area contributed by atoms with E-state index >= 15 is 0 Å². The maximum atomic E-state index is 12.6. The zero-order chi connectivity index (χ0) is 13.1. The van der Waals surface area contributed by atoms with Crippen LogP contribution in [0.1, 0.15) is 6.42 Å². The summed E-state index contributed by atoms with van der Waals surface area (Å²) < 4.78 is 12.6. The van der Waals surface area contributed by atoms with Gasteiger partial charge in [0.2, 0.25) is 6.10 Å². The van der Waals surface area contributed by atoms with E-state index in [9.17, 15) is 14.0 Å². The molecule has 2 rings (SSSR count). The molecule has 0 fully saturated rings. The number of benzene rings is 1. The normalized spacial score (nSPS) is 17.8. The first-order valence-electron chi connectivity index (χ1n) is 5.08. The first-order valence-corrected chi connectivity index (χ1v) is 5.08. The van der Waals surface area contributed by atoms with Crippen molar-refractivity contribution in [3.8, 4) is 0 Å². The molecule has 0 aliphatic carbocycles. The molecule has 0 spiro atoms. The predicted molar refractivity (Wildman–Crippen MR) is 59.6 cm³/mol. The molecule has 0 saturated heterocycles. The van der Waals surface area contributed by atoms with Crippen LogP contribution in [0.5, 0.6) is 0 Å². The Labute approximate surface area is 101 Å². The van der Waals surface area contributed by atoms with Gasteiger partial charge in [-0.2, -0.15) is 0 Å². The average Bonchev–Trinajstić information content (AvgIpc) is 2.81. The van der Waals surface area contributed by atoms with Crippen LogP contribution in [0.2, 0.25) is 0 Å². The van der Waals surface area contributed by atoms with Crippen LogP contribution in [0.15, 0.2) is 29.4 Å². The second-order valence-electron chi connectivity index (χ2n) is 3.64. The molecular weight excluding hydrogens is 243 g/mol. The van der Waals surface area contributed by atoms with Gasteiger partial charge in [-0.25, -0.2) is 9.18 Å². The Hall–Kier alpha value is -2.44. The summed E-state index contributed by atoms with van der Waals surface area (Å²) in [6, 6.07) is 5.18. The Bertz CT molecular complexity index is 512. The van der Waals surface area contributed by atoms with Crippen molar-refractivity contribution in [2.24, 2.45) is 5.16 Å². The van der Waals surface area contributed by atoms with Crippen molar-refractivity contribution in [2.45, 2.75) is 12.5 Å². The lowest BCUT2D eigenvalue weighted by molar-refractivity contribution is -0.129. The molecule has 0 bridgehead atoms. The molecule has 1 amide bonds. The summed E-state index contributed by atoms with van der Waals surface area (Å²) in [5, 5.41) is 14.4. The number of carbonyl (C=O) groups excluding carboxylic acids is 1. The molecule has 1 aliphatic heterocycles. The van der Waals surface area contributed by atoms with E-state index < -0.39 is 23.8 Å². The van der Waals surface area contributed by atoms with Crippen molar-refractivity contribution in [3.05, 3.63) is 30.1 Å². The minimum atomic E-state index is -1.22. The van der Waals surface area contributed by atoms with Gasteiger partial charge in [-0.3, -0.25) is 4.79 Å². The molecule has 18 heavy (non-hydrogen) atoms. The fourth-order valence-corrected chi connectivity index (χ4v) is 1.40. The first-order chi connectivity index (χ1) is 8.56. The van der Waals surface area contributed by atoms with Crippen LogP contribution < -0.4 is 5.32 Å². The minimum Gasteiger partial charge on any atom is -0.477 e. The van der Waals surface area contributed by atoms with Gasteiger partial charge in [0, 0.05) is 12.1 Å². The number of anilines is 1. The van der Waals surface area contributed by atoms with Gasteiger partial charge in [-0.05, 0) is 24.3 Å². The van der Waals surface area contributed by atoms with Crippen molar-refractivity contribution in [1.29, 1.82) is 0 Å². The van der Waals surface area contributed by atoms with Gasteiger partial charge in [-0.15, -0.1) is 0 Å². The highest BCUT2D eigenvalue weighted by Gasteiger charge is 2.31. The third-order valence-electron chi connectivity index (χ3n) is 2.32. The summed E-state index contributed by atoms with van der Waals surface area (Å²) >= 11 is 0. The molecule has 1 atom stereocenters. The van der Waals surface area contributed by atoms with Crippen LogP contribution in [-0.4, -0.2) is 28.8 Å². The van der Waals surface area contributed by atoms with E-state index in [1.807, 2.05) is 0 Å². The topological polar surface area (TPSA) is 88.0 Å². The van der Waals surface area contributed by atoms with E-state index in [0.29, 0.717) is 5.69 Å². The number of rotatable bonds is 3. The van der Waals surface area contributed by atoms with Crippen molar-refractivity contribution in [1.82, 2.24) is 0 Å². The van der Waals surface area contributed by atoms with E-state index in [1.165, 1.54) is 24.3 Å². The third kappa shape index (κ3) is 2.62. The van der Waals surface area contributed by atoms with Crippen LogP contribution in [0.25, 0.3) is 0 Å². The molecule has 7 heteroatoms. The molecule has 1 aromatic rings. The Balaban J connectivity index is 1.94. The maximum absolute atomic E-state index is 12.6. The van der Waals surface area contributed by atoms with Crippen LogP contribution >= 0.6 is 0 Å². The van der Waals surface area contributed by atoms with Crippen LogP contribution in [0.3, 0.4) is 0 Å². The molecular formula is C11H9FN2O4. The van der Waals surface area contributed by atoms with E-state index in [0.717, 1.165) is 0 Å². The zero-order valence-electron chi connectivity index (χ0n) is 9.09. The van der Waals surface area contributed by atoms with Gasteiger partial charge in [0.15, 0.2) is 5.71 Å². The SMILES string of the molecule is O=C(O)C1=NOC(C(=O)Nc2ccc(F)cc2)C1. The standard InChI is InChI=1S/C11H9FN2O4/c12-6-1-3-7(4-2-6)13-10(15)9-5-8(11(16)17)14-18-9/h1-4,9H,5H2,(H,13,15)(H,16,17). The Kier molecular flexibility index (Phi) is 3.22. The first kappa shape index (κ1) is 12.0. The summed E-state index contributed by atoms with van der Waals surface area (Å²) in [7, 11) is 0. The highest BCUT2D eigenvalue weighted by molar-refractivity contribution is 6.36. The fourth-order valence-electron chi connectivity index (χ4n) is 1.40. The molecule has 1 heterocycles. The van der Waals surface area contributed by atoms with Gasteiger partial charge >= 0.3 is 5.97 Å². The smallest absolute Gasteiger partial charge is 0.353 e. The largest absolute Gasteiger partial charge is 0.477 e. The minimum absolute atomic E-state index is 0.0949. The number of aliphatic carboxylic acids is 1. The maximum Gasteiger partial charge on any atom is 0.353 e. The van der Waals surface area contributed by atoms with Gasteiger partial charge in [-0.1, -0.05) is 5.16 Å². The van der Waals surface area contributed by atoms with E-state index in [1.54, 1.807) is 0 Å². The summed E-state index contributed by atoms with van der Waals surface area (Å²) in [4.78, 5) is 27.0. The fraction of sp³-hybridized carbons (Fsp3) is 0.182. The molecule has 0 saturated carbocycles. The summed E-state index contributed by atoms with van der Waals surface area (Å²) in [6.45, 7) is 0. The lowest BCUT2D eigenvalue weighted by atomic mass is 10.1. The highest BCUT2D eigenvalue weighted by Crippen LogP contribution is 2.14. The van der Waals surface area contributed by atoms with E-state index in [4.69, 9.17) is 9.94 Å². The summed E-state index contributed by atoms with van der Waals surface area (Å²) in [5.74, 6) is -2.16. The number of nitrogens with one attached hydrogen (secondary N) is 1. The molecule has 0 radical (unpaired) electrons. The van der Waals surface area contributed by atoms with Gasteiger partial charge in [0.1, 0.15) is 5.82 Å². The molecule has 6 nitrogen and oxygen atoms in total. The molecule has 0 aromatic heterocycles. The predicted octanol–water partition coefficient (Wildman–Crippen LogP) is 0.994. The van der Waals surface area contributed by atoms with E-state index in [2.05, 4.69) is 10.5 Å². The second-order valence-corrected chi connectivity index (χ2v) is 3.64. The number of hydrogen-bond donors (Lipinski definition) is 2. The Morgan fingerprint density at radius 1 is 1.39 bits per heavy atom.